The van der Waals surface area contributed by atoms with Crippen molar-refractivity contribution in [2.45, 2.75) is 0 Å². The number of hydrogen-bond acceptors (Lipinski definition) is 0. The maximum absolute atomic E-state index is 2.55. The Morgan fingerprint density at radius 1 is 0.500 bits per heavy atom. The SMILES string of the molecule is [I][K]([I])[I].[I][K]([I])[I]. The molecule has 0 aliphatic heterocycles. The van der Waals surface area contributed by atoms with E-state index in [9.17, 15) is 0 Å². The van der Waals surface area contributed by atoms with E-state index >= 15 is 0 Å². The van der Waals surface area contributed by atoms with Crippen LogP contribution in [0, 0.1) is 0 Å². The molecule has 0 heterocycles. The Hall–Kier alpha value is 7.65. The van der Waals surface area contributed by atoms with E-state index in [2.05, 4.69) is 67.7 Å². The fourth-order valence-electron chi connectivity index (χ4n) is 0. The van der Waals surface area contributed by atoms with Crippen molar-refractivity contribution in [2.75, 3.05) is 0 Å². The van der Waals surface area contributed by atoms with Crippen LogP contribution in [0.4, 0.5) is 0 Å². The van der Waals surface area contributed by atoms with Gasteiger partial charge in [-0.2, -0.15) is 0 Å². The van der Waals surface area contributed by atoms with Crippen molar-refractivity contribution in [3.05, 3.63) is 0 Å². The summed E-state index contributed by atoms with van der Waals surface area (Å²) in [6.07, 6.45) is 0. The summed E-state index contributed by atoms with van der Waals surface area (Å²) in [5.74, 6) is 0. The summed E-state index contributed by atoms with van der Waals surface area (Å²) in [4.78, 5) is 0. The van der Waals surface area contributed by atoms with Crippen molar-refractivity contribution in [1.29, 1.82) is 0 Å². The maximum atomic E-state index is 2.55. The molecule has 44 valence electrons. The first-order chi connectivity index (χ1) is 3.46. The minimum absolute atomic E-state index is 0.861. The summed E-state index contributed by atoms with van der Waals surface area (Å²) in [5, 5.41) is 0. The van der Waals surface area contributed by atoms with E-state index in [1.165, 1.54) is 0 Å². The van der Waals surface area contributed by atoms with Gasteiger partial charge in [0.15, 0.2) is 0 Å². The van der Waals surface area contributed by atoms with Gasteiger partial charge in [0.1, 0.15) is 0 Å². The zero-order valence-electron chi connectivity index (χ0n) is 4.27. The second-order valence-electron chi connectivity index (χ2n) is 0.857. The van der Waals surface area contributed by atoms with Crippen molar-refractivity contribution >= 4 is 118 Å². The molecule has 0 unspecified atom stereocenters. The quantitative estimate of drug-likeness (QED) is 0.249. The third kappa shape index (κ3) is 37.3. The van der Waals surface area contributed by atoms with Gasteiger partial charge in [-0.3, -0.25) is 0 Å². The van der Waals surface area contributed by atoms with Gasteiger partial charge in [-0.25, -0.2) is 0 Å². The molecule has 0 bridgehead atoms. The molecule has 8 heavy (non-hydrogen) atoms. The van der Waals surface area contributed by atoms with Crippen LogP contribution in [0.15, 0.2) is 0 Å². The number of hydrogen-bond donors (Lipinski definition) is 0. The Kier molecular flexibility index (Phi) is 33.0. The molecule has 0 aromatic heterocycles. The molecule has 0 N–H and O–H groups in total. The second-order valence-corrected chi connectivity index (χ2v) is 159. The van der Waals surface area contributed by atoms with E-state index in [1.807, 2.05) is 0 Å². The Balaban J connectivity index is 0. The summed E-state index contributed by atoms with van der Waals surface area (Å²) < 4.78 is 0. The number of halogens is 6. The third-order valence-corrected chi connectivity index (χ3v) is 0. The first-order valence-corrected chi connectivity index (χ1v) is 62.7. The van der Waals surface area contributed by atoms with Crippen LogP contribution in [0.25, 0.3) is 0 Å². The van der Waals surface area contributed by atoms with Crippen LogP contribution >= 0.6 is 67.7 Å². The molecular weight excluding hydrogens is 840 g/mol. The summed E-state index contributed by atoms with van der Waals surface area (Å²) in [5.41, 5.74) is 0. The minimum atomic E-state index is -0.861. The van der Waals surface area contributed by atoms with Gasteiger partial charge in [-0.05, 0) is 0 Å². The summed E-state index contributed by atoms with van der Waals surface area (Å²) in [6, 6.07) is 0. The predicted octanol–water partition coefficient (Wildman–Crippen LogP) is 4.55. The van der Waals surface area contributed by atoms with E-state index in [0.717, 1.165) is 0 Å². The molecule has 0 aromatic carbocycles. The first kappa shape index (κ1) is 18.0. The third-order valence-electron chi connectivity index (χ3n) is 0. The Bertz CT molecular complexity index is 22.0. The average molecular weight is 840 g/mol. The Morgan fingerprint density at radius 2 is 0.500 bits per heavy atom. The van der Waals surface area contributed by atoms with Gasteiger partial charge in [0.05, 0.1) is 0 Å². The van der Waals surface area contributed by atoms with Gasteiger partial charge in [-0.1, -0.05) is 0 Å². The van der Waals surface area contributed by atoms with Gasteiger partial charge in [-0.15, -0.1) is 0 Å². The molecule has 0 aliphatic rings. The summed E-state index contributed by atoms with van der Waals surface area (Å²) in [7, 11) is 0. The molecule has 0 rings (SSSR count). The van der Waals surface area contributed by atoms with E-state index < -0.39 is 50.7 Å². The molecule has 0 fully saturated rings. The molecule has 0 saturated heterocycles. The molecule has 0 aliphatic carbocycles. The average Bonchev–Trinajstić information content (AvgIpc) is 1.25. The van der Waals surface area contributed by atoms with Crippen molar-refractivity contribution in [1.82, 2.24) is 0 Å². The first-order valence-electron chi connectivity index (χ1n) is 2.27. The molecule has 0 amide bonds. The van der Waals surface area contributed by atoms with Gasteiger partial charge >= 0.3 is 118 Å². The van der Waals surface area contributed by atoms with Crippen molar-refractivity contribution in [3.63, 3.8) is 0 Å². The molecule has 8 heteroatoms. The van der Waals surface area contributed by atoms with Gasteiger partial charge in [0.25, 0.3) is 0 Å². The van der Waals surface area contributed by atoms with Crippen LogP contribution in [0.1, 0.15) is 0 Å². The Labute approximate surface area is 110 Å². The van der Waals surface area contributed by atoms with E-state index in [-0.39, 0.29) is 0 Å². The van der Waals surface area contributed by atoms with E-state index in [1.54, 1.807) is 0 Å². The summed E-state index contributed by atoms with van der Waals surface area (Å²) >= 11 is 13.6. The van der Waals surface area contributed by atoms with Crippen LogP contribution in [-0.4, -0.2) is 50.7 Å². The van der Waals surface area contributed by atoms with Crippen LogP contribution in [-0.2, 0) is 0 Å². The van der Waals surface area contributed by atoms with Gasteiger partial charge in [0, 0.05) is 0 Å². The molecule has 0 spiro atoms. The summed E-state index contributed by atoms with van der Waals surface area (Å²) in [6.45, 7) is 0. The van der Waals surface area contributed by atoms with Crippen LogP contribution < -0.4 is 0 Å². The molecule has 8 radical (unpaired) electrons. The molecule has 0 nitrogen and oxygen atoms in total. The predicted molar refractivity (Wildman–Crippen MR) is 95.6 cm³/mol. The van der Waals surface area contributed by atoms with Crippen LogP contribution in [0.2, 0.25) is 0 Å². The fraction of sp³-hybridized carbons (Fsp3) is 0. The van der Waals surface area contributed by atoms with Crippen molar-refractivity contribution < 1.29 is 0 Å². The van der Waals surface area contributed by atoms with Gasteiger partial charge in [0.2, 0.25) is 0 Å². The normalized spacial score (nSPS) is 9.00. The molecule has 0 atom stereocenters. The fourth-order valence-corrected chi connectivity index (χ4v) is 0. The standard InChI is InChI=1S/6HI.2K/h6*1H;;/q;;;;;;2*+3/p-6. The zero-order chi connectivity index (χ0) is 7.15. The molecule has 0 saturated carbocycles. The van der Waals surface area contributed by atoms with E-state index in [0.29, 0.717) is 0 Å². The zero-order valence-corrected chi connectivity index (χ0v) is 23.5. The van der Waals surface area contributed by atoms with Crippen molar-refractivity contribution in [2.24, 2.45) is 0 Å². The van der Waals surface area contributed by atoms with Crippen LogP contribution in [0.5, 0.6) is 0 Å². The number of rotatable bonds is 0. The second kappa shape index (κ2) is 14.7. The van der Waals surface area contributed by atoms with Gasteiger partial charge < -0.3 is 0 Å². The monoisotopic (exact) mass is 839 g/mol. The molecular formula is I6K2. The van der Waals surface area contributed by atoms with Crippen LogP contribution in [0.3, 0.4) is 0 Å². The topological polar surface area (TPSA) is 0 Å². The van der Waals surface area contributed by atoms with E-state index in [4.69, 9.17) is 0 Å². The van der Waals surface area contributed by atoms with Crippen molar-refractivity contribution in [3.8, 4) is 0 Å². The molecule has 0 aromatic rings. The Morgan fingerprint density at radius 3 is 0.500 bits per heavy atom.